The van der Waals surface area contributed by atoms with Crippen LogP contribution in [-0.2, 0) is 15.0 Å². The van der Waals surface area contributed by atoms with Crippen LogP contribution in [0.3, 0.4) is 0 Å². The number of fused-ring (bicyclic) bond motifs is 1. The van der Waals surface area contributed by atoms with Gasteiger partial charge in [-0.3, -0.25) is 9.59 Å². The van der Waals surface area contributed by atoms with Gasteiger partial charge in [0.15, 0.2) is 0 Å². The highest BCUT2D eigenvalue weighted by molar-refractivity contribution is 6.04. The van der Waals surface area contributed by atoms with Crippen LogP contribution in [0.15, 0.2) is 84.9 Å². The second-order valence-electron chi connectivity index (χ2n) is 9.62. The molecular formula is C30H28N4O3. The Morgan fingerprint density at radius 3 is 2.38 bits per heavy atom. The summed E-state index contributed by atoms with van der Waals surface area (Å²) in [6, 6.07) is 27.3. The van der Waals surface area contributed by atoms with Crippen molar-refractivity contribution in [2.75, 3.05) is 41.9 Å². The molecular weight excluding hydrogens is 464 g/mol. The number of carbonyl (C=O) groups is 2. The molecule has 1 saturated carbocycles. The molecule has 1 aliphatic heterocycles. The molecule has 2 amide bonds. The Bertz CT molecular complexity index is 1470. The summed E-state index contributed by atoms with van der Waals surface area (Å²) in [6.07, 6.45) is 1.59. The van der Waals surface area contributed by atoms with E-state index in [1.165, 1.54) is 0 Å². The van der Waals surface area contributed by atoms with Gasteiger partial charge >= 0.3 is 0 Å². The number of nitrogens with one attached hydrogen (secondary N) is 1. The molecule has 7 heteroatoms. The molecule has 1 aliphatic carbocycles. The predicted octanol–water partition coefficient (Wildman–Crippen LogP) is 4.77. The third-order valence-corrected chi connectivity index (χ3v) is 7.38. The molecule has 0 atom stereocenters. The lowest BCUT2D eigenvalue weighted by molar-refractivity contribution is -0.119. The fraction of sp³-hybridized carbons (Fsp3) is 0.233. The summed E-state index contributed by atoms with van der Waals surface area (Å²) in [7, 11) is 1.63. The lowest BCUT2D eigenvalue weighted by Crippen LogP contribution is -2.51. The highest BCUT2D eigenvalue weighted by atomic mass is 16.5. The average molecular weight is 493 g/mol. The van der Waals surface area contributed by atoms with Crippen LogP contribution in [-0.4, -0.2) is 43.5 Å². The molecule has 37 heavy (non-hydrogen) atoms. The molecule has 3 aromatic carbocycles. The Morgan fingerprint density at radius 1 is 0.946 bits per heavy atom. The van der Waals surface area contributed by atoms with Gasteiger partial charge in [0.2, 0.25) is 11.8 Å². The molecule has 0 unspecified atom stereocenters. The third-order valence-electron chi connectivity index (χ3n) is 7.38. The molecule has 0 bridgehead atoms. The van der Waals surface area contributed by atoms with Gasteiger partial charge in [-0.1, -0.05) is 54.6 Å². The van der Waals surface area contributed by atoms with Crippen molar-refractivity contribution in [2.45, 2.75) is 18.3 Å². The first kappa shape index (κ1) is 23.0. The number of piperazine rings is 1. The summed E-state index contributed by atoms with van der Waals surface area (Å²) >= 11 is 0. The number of hydrogen-bond donors (Lipinski definition) is 1. The molecule has 4 aromatic rings. The quantitative estimate of drug-likeness (QED) is 0.420. The monoisotopic (exact) mass is 492 g/mol. The Hall–Kier alpha value is -4.39. The van der Waals surface area contributed by atoms with Crippen LogP contribution < -0.4 is 19.9 Å². The lowest BCUT2D eigenvalue weighted by atomic mass is 9.95. The standard InChI is InChI=1S/C30H28N4O3/c1-37-24-13-11-22(12-14-24)30(15-16-30)29(36)32-26-19-21-7-5-6-10-25(21)28(31-26)33-17-18-34(27(35)20-33)23-8-3-2-4-9-23/h2-14,19H,15-18,20H2,1H3,(H,31,32,36). The first-order valence-corrected chi connectivity index (χ1v) is 12.5. The second-order valence-corrected chi connectivity index (χ2v) is 9.62. The zero-order valence-corrected chi connectivity index (χ0v) is 20.7. The maximum atomic E-state index is 13.5. The van der Waals surface area contributed by atoms with Crippen molar-refractivity contribution < 1.29 is 14.3 Å². The van der Waals surface area contributed by atoms with Crippen molar-refractivity contribution in [3.05, 3.63) is 90.5 Å². The maximum Gasteiger partial charge on any atom is 0.246 e. The number of carbonyl (C=O) groups excluding carboxylic acids is 2. The summed E-state index contributed by atoms with van der Waals surface area (Å²) < 4.78 is 5.27. The molecule has 0 radical (unpaired) electrons. The molecule has 1 aromatic heterocycles. The van der Waals surface area contributed by atoms with E-state index in [9.17, 15) is 9.59 Å². The van der Waals surface area contributed by atoms with E-state index >= 15 is 0 Å². The van der Waals surface area contributed by atoms with Crippen LogP contribution in [0.25, 0.3) is 10.8 Å². The first-order chi connectivity index (χ1) is 18.1. The Kier molecular flexibility index (Phi) is 5.75. The van der Waals surface area contributed by atoms with Gasteiger partial charge in [0.05, 0.1) is 19.1 Å². The lowest BCUT2D eigenvalue weighted by Gasteiger charge is -2.35. The number of aromatic nitrogens is 1. The summed E-state index contributed by atoms with van der Waals surface area (Å²) in [5.74, 6) is 1.94. The van der Waals surface area contributed by atoms with Crippen molar-refractivity contribution in [2.24, 2.45) is 0 Å². The van der Waals surface area contributed by atoms with Crippen LogP contribution in [0.2, 0.25) is 0 Å². The fourth-order valence-electron chi connectivity index (χ4n) is 5.14. The number of rotatable bonds is 6. The molecule has 6 rings (SSSR count). The number of anilines is 3. The third kappa shape index (κ3) is 4.27. The average Bonchev–Trinajstić information content (AvgIpc) is 3.75. The fourth-order valence-corrected chi connectivity index (χ4v) is 5.14. The SMILES string of the molecule is COc1ccc(C2(C(=O)Nc3cc4ccccc4c(N4CCN(c5ccccc5)C(=O)C4)n3)CC2)cc1. The Labute approximate surface area is 215 Å². The van der Waals surface area contributed by atoms with Crippen molar-refractivity contribution in [3.8, 4) is 5.75 Å². The number of hydrogen-bond acceptors (Lipinski definition) is 5. The minimum Gasteiger partial charge on any atom is -0.497 e. The van der Waals surface area contributed by atoms with Crippen LogP contribution in [0, 0.1) is 0 Å². The summed E-state index contributed by atoms with van der Waals surface area (Å²) in [5.41, 5.74) is 1.34. The van der Waals surface area contributed by atoms with Crippen molar-refractivity contribution in [1.29, 1.82) is 0 Å². The molecule has 2 fully saturated rings. The van der Waals surface area contributed by atoms with E-state index in [1.807, 2.05) is 94.7 Å². The van der Waals surface area contributed by atoms with E-state index in [0.717, 1.165) is 40.6 Å². The number of benzene rings is 3. The number of pyridine rings is 1. The van der Waals surface area contributed by atoms with Crippen LogP contribution >= 0.6 is 0 Å². The minimum atomic E-state index is -0.545. The largest absolute Gasteiger partial charge is 0.497 e. The highest BCUT2D eigenvalue weighted by Crippen LogP contribution is 2.49. The van der Waals surface area contributed by atoms with E-state index in [2.05, 4.69) is 5.32 Å². The van der Waals surface area contributed by atoms with E-state index in [1.54, 1.807) is 7.11 Å². The number of nitrogens with zero attached hydrogens (tertiary/aromatic N) is 3. The van der Waals surface area contributed by atoms with Crippen LogP contribution in [0.5, 0.6) is 5.75 Å². The van der Waals surface area contributed by atoms with Gasteiger partial charge in [-0.25, -0.2) is 4.98 Å². The van der Waals surface area contributed by atoms with Gasteiger partial charge in [0.25, 0.3) is 0 Å². The van der Waals surface area contributed by atoms with Gasteiger partial charge in [-0.05, 0) is 54.1 Å². The molecule has 186 valence electrons. The van der Waals surface area contributed by atoms with E-state index < -0.39 is 5.41 Å². The van der Waals surface area contributed by atoms with E-state index in [4.69, 9.17) is 9.72 Å². The van der Waals surface area contributed by atoms with Crippen molar-refractivity contribution in [3.63, 3.8) is 0 Å². The zero-order chi connectivity index (χ0) is 25.4. The number of methoxy groups -OCH3 is 1. The summed E-state index contributed by atoms with van der Waals surface area (Å²) in [6.45, 7) is 1.43. The molecule has 0 spiro atoms. The molecule has 2 heterocycles. The minimum absolute atomic E-state index is 0.0224. The maximum absolute atomic E-state index is 13.5. The highest BCUT2D eigenvalue weighted by Gasteiger charge is 2.51. The second kappa shape index (κ2) is 9.24. The van der Waals surface area contributed by atoms with Gasteiger partial charge in [-0.2, -0.15) is 0 Å². The van der Waals surface area contributed by atoms with Gasteiger partial charge in [-0.15, -0.1) is 0 Å². The van der Waals surface area contributed by atoms with Gasteiger partial charge in [0.1, 0.15) is 17.4 Å². The van der Waals surface area contributed by atoms with Crippen molar-refractivity contribution in [1.82, 2.24) is 4.98 Å². The normalized spacial score (nSPS) is 16.5. The van der Waals surface area contributed by atoms with Crippen LogP contribution in [0.4, 0.5) is 17.3 Å². The van der Waals surface area contributed by atoms with E-state index in [-0.39, 0.29) is 18.4 Å². The summed E-state index contributed by atoms with van der Waals surface area (Å²) in [5, 5.41) is 5.01. The zero-order valence-electron chi connectivity index (χ0n) is 20.7. The smallest absolute Gasteiger partial charge is 0.246 e. The number of amides is 2. The van der Waals surface area contributed by atoms with Crippen LogP contribution in [0.1, 0.15) is 18.4 Å². The number of para-hydroxylation sites is 1. The van der Waals surface area contributed by atoms with Crippen molar-refractivity contribution >= 4 is 39.9 Å². The predicted molar refractivity (Wildman–Crippen MR) is 145 cm³/mol. The first-order valence-electron chi connectivity index (χ1n) is 12.5. The molecule has 7 nitrogen and oxygen atoms in total. The van der Waals surface area contributed by atoms with Gasteiger partial charge in [0, 0.05) is 24.2 Å². The molecule has 1 N–H and O–H groups in total. The van der Waals surface area contributed by atoms with Gasteiger partial charge < -0.3 is 19.9 Å². The molecule has 1 saturated heterocycles. The Morgan fingerprint density at radius 2 is 1.68 bits per heavy atom. The van der Waals surface area contributed by atoms with E-state index in [0.29, 0.717) is 24.7 Å². The number of ether oxygens (including phenoxy) is 1. The topological polar surface area (TPSA) is 74.8 Å². The molecule has 2 aliphatic rings. The Balaban J connectivity index is 1.27. The summed E-state index contributed by atoms with van der Waals surface area (Å²) in [4.78, 5) is 35.3.